The molecule has 1 aliphatic heterocycles. The van der Waals surface area contributed by atoms with Gasteiger partial charge in [-0.2, -0.15) is 0 Å². The summed E-state index contributed by atoms with van der Waals surface area (Å²) in [6.07, 6.45) is 0.662. The number of sulfone groups is 1. The first-order chi connectivity index (χ1) is 10.3. The van der Waals surface area contributed by atoms with Crippen molar-refractivity contribution in [2.24, 2.45) is 0 Å². The van der Waals surface area contributed by atoms with Gasteiger partial charge in [0.2, 0.25) is 5.91 Å². The first-order valence-electron chi connectivity index (χ1n) is 7.43. The zero-order valence-corrected chi connectivity index (χ0v) is 14.7. The molecule has 4 nitrogen and oxygen atoms in total. The quantitative estimate of drug-likeness (QED) is 0.860. The van der Waals surface area contributed by atoms with Gasteiger partial charge < -0.3 is 5.32 Å². The molecule has 1 heterocycles. The maximum atomic E-state index is 12.0. The second-order valence-corrected chi connectivity index (χ2v) is 9.88. The van der Waals surface area contributed by atoms with Gasteiger partial charge in [-0.05, 0) is 12.0 Å². The number of carbonyl (C=O) groups excluding carboxylic acids is 1. The number of rotatable bonds is 6. The standard InChI is InChI=1S/C16H23NO3S2/c1-16(2,13-6-4-3-5-7-13)12-17-15(18)10-21-14-8-9-22(19,20)11-14/h3-7,14H,8-12H2,1-2H3,(H,17,18). The van der Waals surface area contributed by atoms with Gasteiger partial charge in [-0.25, -0.2) is 8.42 Å². The van der Waals surface area contributed by atoms with E-state index in [1.807, 2.05) is 18.2 Å². The first kappa shape index (κ1) is 17.3. The number of hydrogen-bond donors (Lipinski definition) is 1. The summed E-state index contributed by atoms with van der Waals surface area (Å²) in [6, 6.07) is 10.1. The molecule has 0 bridgehead atoms. The Balaban J connectivity index is 1.76. The summed E-state index contributed by atoms with van der Waals surface area (Å²) < 4.78 is 22.8. The van der Waals surface area contributed by atoms with Crippen LogP contribution in [-0.2, 0) is 20.0 Å². The Morgan fingerprint density at radius 2 is 2.00 bits per heavy atom. The lowest BCUT2D eigenvalue weighted by atomic mass is 9.85. The fraction of sp³-hybridized carbons (Fsp3) is 0.562. The van der Waals surface area contributed by atoms with Crippen LogP contribution in [0, 0.1) is 0 Å². The molecule has 1 unspecified atom stereocenters. The predicted octanol–water partition coefficient (Wildman–Crippen LogP) is 2.00. The van der Waals surface area contributed by atoms with Gasteiger partial charge in [0.05, 0.1) is 17.3 Å². The zero-order chi connectivity index (χ0) is 16.2. The molecule has 122 valence electrons. The van der Waals surface area contributed by atoms with Gasteiger partial charge in [0, 0.05) is 17.2 Å². The molecule has 1 aromatic carbocycles. The lowest BCUT2D eigenvalue weighted by molar-refractivity contribution is -0.118. The average Bonchev–Trinajstić information content (AvgIpc) is 2.83. The van der Waals surface area contributed by atoms with Crippen molar-refractivity contribution in [3.8, 4) is 0 Å². The SMILES string of the molecule is CC(C)(CNC(=O)CSC1CCS(=O)(=O)C1)c1ccccc1. The first-order valence-corrected chi connectivity index (χ1v) is 10.3. The van der Waals surface area contributed by atoms with Crippen LogP contribution in [0.5, 0.6) is 0 Å². The van der Waals surface area contributed by atoms with E-state index in [1.165, 1.54) is 17.3 Å². The Bertz CT molecular complexity index is 612. The van der Waals surface area contributed by atoms with E-state index in [9.17, 15) is 13.2 Å². The highest BCUT2D eigenvalue weighted by Gasteiger charge is 2.28. The lowest BCUT2D eigenvalue weighted by Gasteiger charge is -2.25. The molecule has 1 amide bonds. The van der Waals surface area contributed by atoms with Crippen molar-refractivity contribution >= 4 is 27.5 Å². The Morgan fingerprint density at radius 3 is 2.59 bits per heavy atom. The summed E-state index contributed by atoms with van der Waals surface area (Å²) in [7, 11) is -2.87. The van der Waals surface area contributed by atoms with Crippen LogP contribution < -0.4 is 5.32 Å². The van der Waals surface area contributed by atoms with Gasteiger partial charge in [-0.3, -0.25) is 4.79 Å². The maximum Gasteiger partial charge on any atom is 0.230 e. The monoisotopic (exact) mass is 341 g/mol. The summed E-state index contributed by atoms with van der Waals surface area (Å²) in [4.78, 5) is 12.0. The molecule has 22 heavy (non-hydrogen) atoms. The van der Waals surface area contributed by atoms with Gasteiger partial charge in [0.25, 0.3) is 0 Å². The fourth-order valence-corrected chi connectivity index (χ4v) is 5.92. The number of hydrogen-bond acceptors (Lipinski definition) is 4. The normalized spacial score (nSPS) is 20.7. The van der Waals surface area contributed by atoms with Crippen molar-refractivity contribution in [2.75, 3.05) is 23.8 Å². The van der Waals surface area contributed by atoms with E-state index in [-0.39, 0.29) is 28.1 Å². The van der Waals surface area contributed by atoms with E-state index in [4.69, 9.17) is 0 Å². The highest BCUT2D eigenvalue weighted by molar-refractivity contribution is 8.02. The van der Waals surface area contributed by atoms with E-state index in [0.29, 0.717) is 18.7 Å². The predicted molar refractivity (Wildman–Crippen MR) is 92.0 cm³/mol. The van der Waals surface area contributed by atoms with Crippen molar-refractivity contribution < 1.29 is 13.2 Å². The Kier molecular flexibility index (Phi) is 5.55. The van der Waals surface area contributed by atoms with Crippen molar-refractivity contribution in [3.63, 3.8) is 0 Å². The molecule has 1 aromatic rings. The molecule has 1 fully saturated rings. The van der Waals surface area contributed by atoms with Gasteiger partial charge >= 0.3 is 0 Å². The molecule has 0 aromatic heterocycles. The van der Waals surface area contributed by atoms with Crippen molar-refractivity contribution in [1.29, 1.82) is 0 Å². The highest BCUT2D eigenvalue weighted by Crippen LogP contribution is 2.24. The molecular weight excluding hydrogens is 318 g/mol. The Hall–Kier alpha value is -1.01. The van der Waals surface area contributed by atoms with Crippen LogP contribution in [0.4, 0.5) is 0 Å². The number of nitrogens with one attached hydrogen (secondary N) is 1. The molecule has 1 N–H and O–H groups in total. The molecule has 0 aliphatic carbocycles. The third-order valence-corrected chi connectivity index (χ3v) is 7.21. The summed E-state index contributed by atoms with van der Waals surface area (Å²) >= 11 is 1.45. The van der Waals surface area contributed by atoms with Crippen LogP contribution in [0.25, 0.3) is 0 Å². The number of benzene rings is 1. The molecule has 1 aliphatic rings. The maximum absolute atomic E-state index is 12.0. The molecule has 1 atom stereocenters. The van der Waals surface area contributed by atoms with Gasteiger partial charge in [0.1, 0.15) is 0 Å². The average molecular weight is 341 g/mol. The fourth-order valence-electron chi connectivity index (χ4n) is 2.45. The molecule has 0 spiro atoms. The van der Waals surface area contributed by atoms with E-state index in [1.54, 1.807) is 0 Å². The molecule has 0 saturated carbocycles. The zero-order valence-electron chi connectivity index (χ0n) is 13.0. The topological polar surface area (TPSA) is 63.2 Å². The molecule has 6 heteroatoms. The Morgan fingerprint density at radius 1 is 1.32 bits per heavy atom. The van der Waals surface area contributed by atoms with Crippen molar-refractivity contribution in [2.45, 2.75) is 30.9 Å². The second kappa shape index (κ2) is 7.04. The van der Waals surface area contributed by atoms with Gasteiger partial charge in [0.15, 0.2) is 9.84 Å². The minimum Gasteiger partial charge on any atom is -0.355 e. The molecule has 1 saturated heterocycles. The van der Waals surface area contributed by atoms with Crippen LogP contribution in [0.2, 0.25) is 0 Å². The second-order valence-electron chi connectivity index (χ2n) is 6.36. The smallest absolute Gasteiger partial charge is 0.230 e. The lowest BCUT2D eigenvalue weighted by Crippen LogP contribution is -2.37. The van der Waals surface area contributed by atoms with Crippen LogP contribution in [0.3, 0.4) is 0 Å². The van der Waals surface area contributed by atoms with Crippen LogP contribution >= 0.6 is 11.8 Å². The van der Waals surface area contributed by atoms with Gasteiger partial charge in [-0.15, -0.1) is 11.8 Å². The summed E-state index contributed by atoms with van der Waals surface area (Å²) in [5.74, 6) is 0.761. The third kappa shape index (κ3) is 5.02. The largest absolute Gasteiger partial charge is 0.355 e. The van der Waals surface area contributed by atoms with E-state index >= 15 is 0 Å². The summed E-state index contributed by atoms with van der Waals surface area (Å²) in [5, 5.41) is 3.02. The number of amides is 1. The van der Waals surface area contributed by atoms with Crippen LogP contribution in [-0.4, -0.2) is 43.4 Å². The van der Waals surface area contributed by atoms with E-state index in [2.05, 4.69) is 31.3 Å². The minimum absolute atomic E-state index is 0.0293. The highest BCUT2D eigenvalue weighted by atomic mass is 32.2. The van der Waals surface area contributed by atoms with Gasteiger partial charge in [-0.1, -0.05) is 44.2 Å². The van der Waals surface area contributed by atoms with Crippen LogP contribution in [0.1, 0.15) is 25.8 Å². The van der Waals surface area contributed by atoms with E-state index < -0.39 is 9.84 Å². The number of carbonyl (C=O) groups is 1. The summed E-state index contributed by atoms with van der Waals surface area (Å²) in [6.45, 7) is 4.76. The van der Waals surface area contributed by atoms with Crippen molar-refractivity contribution in [1.82, 2.24) is 5.32 Å². The van der Waals surface area contributed by atoms with Crippen molar-refractivity contribution in [3.05, 3.63) is 35.9 Å². The summed E-state index contributed by atoms with van der Waals surface area (Å²) in [5.41, 5.74) is 1.06. The third-order valence-electron chi connectivity index (χ3n) is 3.92. The molecule has 2 rings (SSSR count). The molecular formula is C16H23NO3S2. The minimum atomic E-state index is -2.87. The molecule has 0 radical (unpaired) electrons. The number of thioether (sulfide) groups is 1. The van der Waals surface area contributed by atoms with E-state index in [0.717, 1.165) is 0 Å². The van der Waals surface area contributed by atoms with Crippen LogP contribution in [0.15, 0.2) is 30.3 Å². The Labute approximate surface area is 137 Å².